The van der Waals surface area contributed by atoms with E-state index in [0.717, 1.165) is 42.1 Å². The molecule has 0 saturated carbocycles. The molecule has 1 aromatic heterocycles. The van der Waals surface area contributed by atoms with Crippen LogP contribution in [0.2, 0.25) is 0 Å². The monoisotopic (exact) mass is 365 g/mol. The Labute approximate surface area is 119 Å². The number of nitrogens with one attached hydrogen (secondary N) is 1. The van der Waals surface area contributed by atoms with Crippen molar-refractivity contribution in [3.05, 3.63) is 15.5 Å². The highest BCUT2D eigenvalue weighted by Gasteiger charge is 2.06. The van der Waals surface area contributed by atoms with Gasteiger partial charge in [0.25, 0.3) is 0 Å². The van der Waals surface area contributed by atoms with Crippen LogP contribution in [0.5, 0.6) is 0 Å². The molecule has 0 saturated heterocycles. The molecule has 0 spiro atoms. The van der Waals surface area contributed by atoms with Gasteiger partial charge < -0.3 is 10.4 Å². The third kappa shape index (κ3) is 5.03. The van der Waals surface area contributed by atoms with Crippen LogP contribution in [0.3, 0.4) is 0 Å². The fraction of sp³-hybridized carbons (Fsp3) is 0.545. The topological polar surface area (TPSA) is 84.2 Å². The van der Waals surface area contributed by atoms with Crippen molar-refractivity contribution >= 4 is 35.0 Å². The van der Waals surface area contributed by atoms with Gasteiger partial charge in [-0.25, -0.2) is 4.79 Å². The van der Waals surface area contributed by atoms with E-state index in [1.165, 1.54) is 0 Å². The second-order valence-corrected chi connectivity index (χ2v) is 5.03. The zero-order chi connectivity index (χ0) is 13.4. The Morgan fingerprint density at radius 3 is 2.83 bits per heavy atom. The summed E-state index contributed by atoms with van der Waals surface area (Å²) in [5.41, 5.74) is 0.628. The van der Waals surface area contributed by atoms with Gasteiger partial charge in [0.2, 0.25) is 0 Å². The zero-order valence-electron chi connectivity index (χ0n) is 9.93. The Morgan fingerprint density at radius 2 is 2.17 bits per heavy atom. The van der Waals surface area contributed by atoms with Gasteiger partial charge in [-0.3, -0.25) is 9.48 Å². The van der Waals surface area contributed by atoms with Crippen LogP contribution in [-0.4, -0.2) is 33.8 Å². The minimum absolute atomic E-state index is 0.495. The van der Waals surface area contributed by atoms with E-state index in [9.17, 15) is 9.59 Å². The van der Waals surface area contributed by atoms with E-state index in [2.05, 4.69) is 33.0 Å². The SMILES string of the molecule is O=Cc1c(I)cnn1CCCCCCNC(=O)O. The standard InChI is InChI=1S/C11H16IN3O3/c12-9-7-14-15(10(9)8-16)6-4-2-1-3-5-13-11(17)18/h7-8,13H,1-6H2,(H,17,18). The first-order valence-corrected chi connectivity index (χ1v) is 6.86. The number of aldehydes is 1. The molecule has 7 heteroatoms. The first-order valence-electron chi connectivity index (χ1n) is 5.78. The first-order chi connectivity index (χ1) is 8.65. The maximum Gasteiger partial charge on any atom is 0.404 e. The maximum atomic E-state index is 10.8. The number of carboxylic acid groups (broad SMARTS) is 1. The molecular weight excluding hydrogens is 349 g/mol. The smallest absolute Gasteiger partial charge is 0.404 e. The number of halogens is 1. The van der Waals surface area contributed by atoms with Gasteiger partial charge in [-0.2, -0.15) is 5.10 Å². The number of unbranched alkanes of at least 4 members (excludes halogenated alkanes) is 3. The van der Waals surface area contributed by atoms with Gasteiger partial charge in [-0.15, -0.1) is 0 Å². The van der Waals surface area contributed by atoms with E-state index in [4.69, 9.17) is 5.11 Å². The molecule has 0 aliphatic heterocycles. The van der Waals surface area contributed by atoms with Crippen molar-refractivity contribution in [2.45, 2.75) is 32.2 Å². The summed E-state index contributed by atoms with van der Waals surface area (Å²) in [4.78, 5) is 21.0. The van der Waals surface area contributed by atoms with Crippen LogP contribution >= 0.6 is 22.6 Å². The number of nitrogens with zero attached hydrogens (tertiary/aromatic N) is 2. The Bertz CT molecular complexity index is 406. The third-order valence-electron chi connectivity index (χ3n) is 2.52. The first kappa shape index (κ1) is 14.9. The minimum Gasteiger partial charge on any atom is -0.465 e. The van der Waals surface area contributed by atoms with Crippen LogP contribution in [0, 0.1) is 3.57 Å². The molecule has 1 amide bonds. The lowest BCUT2D eigenvalue weighted by Gasteiger charge is -2.04. The Balaban J connectivity index is 2.14. The molecule has 0 unspecified atom stereocenters. The van der Waals surface area contributed by atoms with Crippen LogP contribution in [0.4, 0.5) is 4.79 Å². The lowest BCUT2D eigenvalue weighted by Crippen LogP contribution is -2.21. The largest absolute Gasteiger partial charge is 0.465 e. The average Bonchev–Trinajstić information content (AvgIpc) is 2.68. The summed E-state index contributed by atoms with van der Waals surface area (Å²) in [6.07, 6.45) is 5.27. The van der Waals surface area contributed by atoms with E-state index in [1.807, 2.05) is 0 Å². The molecule has 0 aliphatic rings. The van der Waals surface area contributed by atoms with Gasteiger partial charge in [0.05, 0.1) is 9.77 Å². The molecule has 0 radical (unpaired) electrons. The number of aromatic nitrogens is 2. The number of carbonyl (C=O) groups is 2. The number of hydrogen-bond donors (Lipinski definition) is 2. The normalized spacial score (nSPS) is 10.3. The number of aryl methyl sites for hydroxylation is 1. The van der Waals surface area contributed by atoms with Gasteiger partial charge in [-0.05, 0) is 35.4 Å². The molecule has 0 bridgehead atoms. The zero-order valence-corrected chi connectivity index (χ0v) is 12.1. The molecular formula is C11H16IN3O3. The second kappa shape index (κ2) is 8.06. The summed E-state index contributed by atoms with van der Waals surface area (Å²) in [6.45, 7) is 1.22. The maximum absolute atomic E-state index is 10.8. The molecule has 0 aromatic carbocycles. The van der Waals surface area contributed by atoms with E-state index in [1.54, 1.807) is 10.9 Å². The summed E-state index contributed by atoms with van der Waals surface area (Å²) < 4.78 is 2.58. The predicted molar refractivity (Wildman–Crippen MR) is 74.8 cm³/mol. The van der Waals surface area contributed by atoms with Crippen molar-refractivity contribution in [1.29, 1.82) is 0 Å². The Morgan fingerprint density at radius 1 is 1.44 bits per heavy atom. The summed E-state index contributed by atoms with van der Waals surface area (Å²) in [5, 5.41) is 14.8. The van der Waals surface area contributed by atoms with Crippen LogP contribution in [0.25, 0.3) is 0 Å². The molecule has 2 N–H and O–H groups in total. The van der Waals surface area contributed by atoms with Crippen LogP contribution in [0.1, 0.15) is 36.2 Å². The molecule has 0 fully saturated rings. The van der Waals surface area contributed by atoms with Crippen molar-refractivity contribution in [1.82, 2.24) is 15.1 Å². The average molecular weight is 365 g/mol. The third-order valence-corrected chi connectivity index (χ3v) is 3.35. The number of hydrogen-bond acceptors (Lipinski definition) is 3. The van der Waals surface area contributed by atoms with Crippen LogP contribution < -0.4 is 5.32 Å². The van der Waals surface area contributed by atoms with Crippen molar-refractivity contribution < 1.29 is 14.7 Å². The van der Waals surface area contributed by atoms with Crippen LogP contribution in [-0.2, 0) is 6.54 Å². The Kier molecular flexibility index (Phi) is 6.69. The predicted octanol–water partition coefficient (Wildman–Crippen LogP) is 2.13. The highest BCUT2D eigenvalue weighted by Crippen LogP contribution is 2.10. The van der Waals surface area contributed by atoms with Gasteiger partial charge in [-0.1, -0.05) is 12.8 Å². The molecule has 100 valence electrons. The van der Waals surface area contributed by atoms with E-state index in [0.29, 0.717) is 12.2 Å². The molecule has 18 heavy (non-hydrogen) atoms. The fourth-order valence-electron chi connectivity index (χ4n) is 1.60. The summed E-state index contributed by atoms with van der Waals surface area (Å²) in [5.74, 6) is 0. The highest BCUT2D eigenvalue weighted by atomic mass is 127. The highest BCUT2D eigenvalue weighted by molar-refractivity contribution is 14.1. The van der Waals surface area contributed by atoms with Crippen molar-refractivity contribution in [2.75, 3.05) is 6.54 Å². The lowest BCUT2D eigenvalue weighted by atomic mass is 10.2. The second-order valence-electron chi connectivity index (χ2n) is 3.86. The lowest BCUT2D eigenvalue weighted by molar-refractivity contribution is 0.111. The van der Waals surface area contributed by atoms with Crippen LogP contribution in [0.15, 0.2) is 6.20 Å². The minimum atomic E-state index is -0.975. The van der Waals surface area contributed by atoms with E-state index in [-0.39, 0.29) is 0 Å². The van der Waals surface area contributed by atoms with Gasteiger partial charge in [0, 0.05) is 13.1 Å². The van der Waals surface area contributed by atoms with E-state index >= 15 is 0 Å². The van der Waals surface area contributed by atoms with Crippen molar-refractivity contribution in [2.24, 2.45) is 0 Å². The summed E-state index contributed by atoms with van der Waals surface area (Å²) in [7, 11) is 0. The molecule has 0 aliphatic carbocycles. The van der Waals surface area contributed by atoms with Gasteiger partial charge >= 0.3 is 6.09 Å². The molecule has 0 atom stereocenters. The van der Waals surface area contributed by atoms with Crippen molar-refractivity contribution in [3.63, 3.8) is 0 Å². The molecule has 1 heterocycles. The van der Waals surface area contributed by atoms with Gasteiger partial charge in [0.1, 0.15) is 5.69 Å². The summed E-state index contributed by atoms with van der Waals surface area (Å²) >= 11 is 2.09. The summed E-state index contributed by atoms with van der Waals surface area (Å²) in [6, 6.07) is 0. The number of rotatable bonds is 8. The molecule has 6 nitrogen and oxygen atoms in total. The molecule has 1 rings (SSSR count). The van der Waals surface area contributed by atoms with E-state index < -0.39 is 6.09 Å². The quantitative estimate of drug-likeness (QED) is 0.420. The van der Waals surface area contributed by atoms with Gasteiger partial charge in [0.15, 0.2) is 6.29 Å². The van der Waals surface area contributed by atoms with Crippen molar-refractivity contribution in [3.8, 4) is 0 Å². The number of carbonyl (C=O) groups excluding carboxylic acids is 1. The molecule has 1 aromatic rings. The number of amides is 1. The fourth-order valence-corrected chi connectivity index (χ4v) is 2.13. The Hall–Kier alpha value is -1.12.